The van der Waals surface area contributed by atoms with E-state index in [1.807, 2.05) is 0 Å². The molecule has 2 unspecified atom stereocenters. The maximum Gasteiger partial charge on any atom is 0.103 e. The van der Waals surface area contributed by atoms with Gasteiger partial charge in [0.2, 0.25) is 0 Å². The lowest BCUT2D eigenvalue weighted by Crippen LogP contribution is -2.41. The van der Waals surface area contributed by atoms with Crippen molar-refractivity contribution in [1.29, 1.82) is 5.26 Å². The van der Waals surface area contributed by atoms with Crippen LogP contribution in [0.1, 0.15) is 13.8 Å². The molecule has 0 amide bonds. The third-order valence-electron chi connectivity index (χ3n) is 2.32. The molecule has 1 rings (SSSR count). The molecule has 1 saturated heterocycles. The molecule has 2 atom stereocenters. The number of aliphatic hydroxyl groups excluding tert-OH is 2. The molecule has 68 valence electrons. The van der Waals surface area contributed by atoms with Crippen LogP contribution in [0.2, 0.25) is 0 Å². The molecular weight excluding hydrogens is 156 g/mol. The highest BCUT2D eigenvalue weighted by Crippen LogP contribution is 2.20. The highest BCUT2D eigenvalue weighted by molar-refractivity contribution is 5.05. The third kappa shape index (κ3) is 1.58. The predicted octanol–water partition coefficient (Wildman–Crippen LogP) is -0.674. The number of hydrogen-bond donors (Lipinski definition) is 2. The van der Waals surface area contributed by atoms with Gasteiger partial charge < -0.3 is 10.2 Å². The summed E-state index contributed by atoms with van der Waals surface area (Å²) >= 11 is 0. The van der Waals surface area contributed by atoms with Gasteiger partial charge in [0, 0.05) is 13.1 Å². The second kappa shape index (κ2) is 3.02. The van der Waals surface area contributed by atoms with Crippen molar-refractivity contribution in [2.75, 3.05) is 13.1 Å². The van der Waals surface area contributed by atoms with Gasteiger partial charge in [0.15, 0.2) is 0 Å². The molecule has 0 saturated carbocycles. The summed E-state index contributed by atoms with van der Waals surface area (Å²) in [6.45, 7) is 4.30. The van der Waals surface area contributed by atoms with Crippen molar-refractivity contribution >= 4 is 0 Å². The van der Waals surface area contributed by atoms with E-state index in [1.165, 1.54) is 0 Å². The Hall–Kier alpha value is -0.630. The smallest absolute Gasteiger partial charge is 0.103 e. The second-order valence-electron chi connectivity index (χ2n) is 3.71. The first-order valence-electron chi connectivity index (χ1n) is 4.00. The Morgan fingerprint density at radius 1 is 1.33 bits per heavy atom. The molecule has 2 N–H and O–H groups in total. The van der Waals surface area contributed by atoms with Gasteiger partial charge in [-0.25, -0.2) is 0 Å². The van der Waals surface area contributed by atoms with Crippen LogP contribution in [0.25, 0.3) is 0 Å². The Labute approximate surface area is 72.0 Å². The fourth-order valence-electron chi connectivity index (χ4n) is 1.30. The highest BCUT2D eigenvalue weighted by Gasteiger charge is 2.37. The van der Waals surface area contributed by atoms with Crippen LogP contribution in [0.4, 0.5) is 0 Å². The van der Waals surface area contributed by atoms with Gasteiger partial charge in [-0.1, -0.05) is 0 Å². The van der Waals surface area contributed by atoms with Gasteiger partial charge in [0.1, 0.15) is 5.54 Å². The Balaban J connectivity index is 2.64. The van der Waals surface area contributed by atoms with Gasteiger partial charge in [-0.15, -0.1) is 0 Å². The molecular formula is C8H14N2O2. The first-order chi connectivity index (χ1) is 5.47. The molecule has 0 bridgehead atoms. The lowest BCUT2D eigenvalue weighted by atomic mass is 10.1. The second-order valence-corrected chi connectivity index (χ2v) is 3.71. The van der Waals surface area contributed by atoms with Crippen LogP contribution in [-0.2, 0) is 0 Å². The molecule has 1 fully saturated rings. The quantitative estimate of drug-likeness (QED) is 0.547. The zero-order chi connectivity index (χ0) is 9.35. The van der Waals surface area contributed by atoms with E-state index in [0.29, 0.717) is 13.1 Å². The van der Waals surface area contributed by atoms with E-state index in [2.05, 4.69) is 6.07 Å². The maximum absolute atomic E-state index is 9.23. The van der Waals surface area contributed by atoms with E-state index in [9.17, 15) is 10.2 Å². The monoisotopic (exact) mass is 170 g/mol. The molecule has 0 spiro atoms. The Bertz CT molecular complexity index is 200. The molecule has 1 aliphatic rings. The van der Waals surface area contributed by atoms with Gasteiger partial charge >= 0.3 is 0 Å². The average Bonchev–Trinajstić information content (AvgIpc) is 2.33. The molecule has 4 nitrogen and oxygen atoms in total. The van der Waals surface area contributed by atoms with E-state index in [0.717, 1.165) is 0 Å². The summed E-state index contributed by atoms with van der Waals surface area (Å²) in [5.74, 6) is 0. The lowest BCUT2D eigenvalue weighted by molar-refractivity contribution is 0.0572. The number of hydrogen-bond acceptors (Lipinski definition) is 4. The minimum Gasteiger partial charge on any atom is -0.389 e. The van der Waals surface area contributed by atoms with E-state index < -0.39 is 17.7 Å². The van der Waals surface area contributed by atoms with Crippen LogP contribution >= 0.6 is 0 Å². The fourth-order valence-corrected chi connectivity index (χ4v) is 1.30. The summed E-state index contributed by atoms with van der Waals surface area (Å²) in [4.78, 5) is 1.78. The fraction of sp³-hybridized carbons (Fsp3) is 0.875. The normalized spacial score (nSPS) is 31.9. The van der Waals surface area contributed by atoms with Crippen LogP contribution in [0.5, 0.6) is 0 Å². The van der Waals surface area contributed by atoms with Crippen LogP contribution in [0.15, 0.2) is 0 Å². The summed E-state index contributed by atoms with van der Waals surface area (Å²) < 4.78 is 0. The first-order valence-corrected chi connectivity index (χ1v) is 4.00. The highest BCUT2D eigenvalue weighted by atomic mass is 16.3. The molecule has 1 aliphatic heterocycles. The minimum absolute atomic E-state index is 0.377. The topological polar surface area (TPSA) is 67.5 Å². The van der Waals surface area contributed by atoms with Crippen LogP contribution in [-0.4, -0.2) is 45.9 Å². The van der Waals surface area contributed by atoms with Crippen molar-refractivity contribution in [1.82, 2.24) is 4.90 Å². The number of nitrogens with zero attached hydrogens (tertiary/aromatic N) is 2. The van der Waals surface area contributed by atoms with Crippen molar-refractivity contribution in [3.63, 3.8) is 0 Å². The number of likely N-dealkylation sites (tertiary alicyclic amines) is 1. The average molecular weight is 170 g/mol. The summed E-state index contributed by atoms with van der Waals surface area (Å²) in [5.41, 5.74) is -0.599. The SMILES string of the molecule is CC(C)(C#N)N1CC(O)C(O)C1. The van der Waals surface area contributed by atoms with Crippen molar-refractivity contribution in [3.8, 4) is 6.07 Å². The van der Waals surface area contributed by atoms with Gasteiger partial charge in [0.05, 0.1) is 18.3 Å². The molecule has 4 heteroatoms. The van der Waals surface area contributed by atoms with Gasteiger partial charge in [-0.3, -0.25) is 4.90 Å². The van der Waals surface area contributed by atoms with E-state index in [4.69, 9.17) is 5.26 Å². The van der Waals surface area contributed by atoms with Crippen LogP contribution in [0.3, 0.4) is 0 Å². The molecule has 1 heterocycles. The van der Waals surface area contributed by atoms with Crippen molar-refractivity contribution in [3.05, 3.63) is 0 Å². The zero-order valence-electron chi connectivity index (χ0n) is 7.36. The summed E-state index contributed by atoms with van der Waals surface area (Å²) in [7, 11) is 0. The Kier molecular flexibility index (Phi) is 2.38. The zero-order valence-corrected chi connectivity index (χ0v) is 7.36. The van der Waals surface area contributed by atoms with E-state index in [-0.39, 0.29) is 0 Å². The molecule has 0 aliphatic carbocycles. The lowest BCUT2D eigenvalue weighted by Gasteiger charge is -2.27. The van der Waals surface area contributed by atoms with Crippen LogP contribution < -0.4 is 0 Å². The minimum atomic E-state index is -0.711. The van der Waals surface area contributed by atoms with Crippen molar-refractivity contribution in [2.24, 2.45) is 0 Å². The molecule has 0 aromatic carbocycles. The van der Waals surface area contributed by atoms with Gasteiger partial charge in [0.25, 0.3) is 0 Å². The van der Waals surface area contributed by atoms with Crippen molar-refractivity contribution < 1.29 is 10.2 Å². The molecule has 0 aromatic heterocycles. The summed E-state index contributed by atoms with van der Waals surface area (Å²) in [5, 5.41) is 27.2. The van der Waals surface area contributed by atoms with E-state index in [1.54, 1.807) is 18.7 Å². The van der Waals surface area contributed by atoms with Crippen molar-refractivity contribution in [2.45, 2.75) is 31.6 Å². The Morgan fingerprint density at radius 2 is 1.75 bits per heavy atom. The van der Waals surface area contributed by atoms with Crippen LogP contribution in [0, 0.1) is 11.3 Å². The molecule has 12 heavy (non-hydrogen) atoms. The maximum atomic E-state index is 9.23. The summed E-state index contributed by atoms with van der Waals surface area (Å²) in [6, 6.07) is 2.13. The number of nitriles is 1. The Morgan fingerprint density at radius 3 is 2.08 bits per heavy atom. The molecule has 0 radical (unpaired) electrons. The van der Waals surface area contributed by atoms with Gasteiger partial charge in [-0.05, 0) is 13.8 Å². The standard InChI is InChI=1S/C8H14N2O2/c1-8(2,5-9)10-3-6(11)7(12)4-10/h6-7,11-12H,3-4H2,1-2H3. The third-order valence-corrected chi connectivity index (χ3v) is 2.32. The number of aliphatic hydroxyl groups is 2. The predicted molar refractivity (Wildman–Crippen MR) is 43.3 cm³/mol. The first kappa shape index (κ1) is 9.46. The molecule has 0 aromatic rings. The number of rotatable bonds is 1. The van der Waals surface area contributed by atoms with E-state index >= 15 is 0 Å². The van der Waals surface area contributed by atoms with Gasteiger partial charge in [-0.2, -0.15) is 5.26 Å². The number of β-amino-alcohol motifs (C(OH)–C–C–N with tert-alkyl or cyclic N) is 2. The summed E-state index contributed by atoms with van der Waals surface area (Å²) in [6.07, 6.45) is -1.42. The largest absolute Gasteiger partial charge is 0.389 e.